The lowest BCUT2D eigenvalue weighted by Gasteiger charge is -2.15. The molecule has 20 heavy (non-hydrogen) atoms. The summed E-state index contributed by atoms with van der Waals surface area (Å²) in [5.41, 5.74) is 0.588. The fraction of sp³-hybridized carbons (Fsp3) is 0.385. The molecule has 2 rings (SSSR count). The van der Waals surface area contributed by atoms with Crippen molar-refractivity contribution >= 4 is 46.9 Å². The molecule has 1 aliphatic rings. The van der Waals surface area contributed by atoms with Crippen LogP contribution in [0.25, 0.3) is 0 Å². The largest absolute Gasteiger partial charge is 0.326 e. The van der Waals surface area contributed by atoms with E-state index in [2.05, 4.69) is 5.32 Å². The van der Waals surface area contributed by atoms with Crippen LogP contribution in [-0.4, -0.2) is 34.9 Å². The first-order valence-electron chi connectivity index (χ1n) is 6.08. The number of carbonyl (C=O) groups is 2. The highest BCUT2D eigenvalue weighted by molar-refractivity contribution is 7.98. The second kappa shape index (κ2) is 6.70. The second-order valence-corrected chi connectivity index (χ2v) is 6.21. The molecule has 4 nitrogen and oxygen atoms in total. The molecule has 0 radical (unpaired) electrons. The van der Waals surface area contributed by atoms with Crippen molar-refractivity contribution in [1.29, 1.82) is 0 Å². The van der Waals surface area contributed by atoms with Gasteiger partial charge in [0, 0.05) is 15.6 Å². The van der Waals surface area contributed by atoms with E-state index in [-0.39, 0.29) is 12.5 Å². The first kappa shape index (κ1) is 15.5. The maximum Gasteiger partial charge on any atom is 0.325 e. The van der Waals surface area contributed by atoms with E-state index in [1.54, 1.807) is 30.0 Å². The predicted octanol–water partition coefficient (Wildman–Crippen LogP) is 3.17. The third-order valence-corrected chi connectivity index (χ3v) is 4.45. The summed E-state index contributed by atoms with van der Waals surface area (Å²) in [6.07, 6.45) is 2.58. The maximum absolute atomic E-state index is 12.2. The summed E-state index contributed by atoms with van der Waals surface area (Å²) < 4.78 is 0. The summed E-state index contributed by atoms with van der Waals surface area (Å²) in [6, 6.07) is 4.26. The summed E-state index contributed by atoms with van der Waals surface area (Å²) in [6.45, 7) is 0.0962. The van der Waals surface area contributed by atoms with Gasteiger partial charge in [0.05, 0.1) is 6.54 Å². The Morgan fingerprint density at radius 2 is 1.95 bits per heavy atom. The molecular weight excluding hydrogens is 319 g/mol. The fourth-order valence-corrected chi connectivity index (χ4v) is 2.99. The molecule has 0 aliphatic carbocycles. The van der Waals surface area contributed by atoms with Crippen molar-refractivity contribution in [3.8, 4) is 0 Å². The molecule has 1 aromatic rings. The number of hydrogen-bond donors (Lipinski definition) is 1. The Balaban J connectivity index is 2.13. The second-order valence-electron chi connectivity index (χ2n) is 4.41. The summed E-state index contributed by atoms with van der Waals surface area (Å²) >= 11 is 13.8. The van der Waals surface area contributed by atoms with E-state index in [1.165, 1.54) is 0 Å². The number of benzene rings is 1. The van der Waals surface area contributed by atoms with E-state index >= 15 is 0 Å². The minimum atomic E-state index is -0.448. The number of hydrogen-bond acceptors (Lipinski definition) is 3. The van der Waals surface area contributed by atoms with Crippen LogP contribution < -0.4 is 5.32 Å². The Morgan fingerprint density at radius 1 is 1.30 bits per heavy atom. The maximum atomic E-state index is 12.2. The van der Waals surface area contributed by atoms with E-state index in [4.69, 9.17) is 23.2 Å². The molecule has 1 atom stereocenters. The highest BCUT2D eigenvalue weighted by Gasteiger charge is 2.37. The Morgan fingerprint density at radius 3 is 2.55 bits per heavy atom. The van der Waals surface area contributed by atoms with Crippen molar-refractivity contribution < 1.29 is 9.59 Å². The summed E-state index contributed by atoms with van der Waals surface area (Å²) in [5, 5.41) is 3.59. The van der Waals surface area contributed by atoms with Gasteiger partial charge in [-0.2, -0.15) is 11.8 Å². The molecular formula is C13H14Cl2N2O2S. The lowest BCUT2D eigenvalue weighted by atomic mass is 10.2. The van der Waals surface area contributed by atoms with Crippen LogP contribution in [0.1, 0.15) is 12.0 Å². The van der Waals surface area contributed by atoms with Crippen molar-refractivity contribution in [3.63, 3.8) is 0 Å². The smallest absolute Gasteiger partial charge is 0.325 e. The van der Waals surface area contributed by atoms with Crippen molar-refractivity contribution in [1.82, 2.24) is 10.2 Å². The van der Waals surface area contributed by atoms with Gasteiger partial charge in [0.25, 0.3) is 5.91 Å². The molecule has 1 aliphatic heterocycles. The van der Waals surface area contributed by atoms with Crippen LogP contribution in [0.3, 0.4) is 0 Å². The van der Waals surface area contributed by atoms with Crippen molar-refractivity contribution in [2.24, 2.45) is 0 Å². The minimum absolute atomic E-state index is 0.0962. The molecule has 0 bridgehead atoms. The number of nitrogens with one attached hydrogen (secondary N) is 1. The number of halogens is 2. The summed E-state index contributed by atoms with van der Waals surface area (Å²) in [7, 11) is 0. The Kier molecular flexibility index (Phi) is 5.18. The zero-order valence-corrected chi connectivity index (χ0v) is 13.2. The standard InChI is InChI=1S/C13H14Cl2N2O2S/c1-20-6-5-11-12(18)17(13(19)16-11)7-8-9(14)3-2-4-10(8)15/h2-4,11H,5-7H2,1H3,(H,16,19)/t11-/m0/s1. The number of imide groups is 1. The third kappa shape index (κ3) is 3.22. The molecule has 0 saturated carbocycles. The SMILES string of the molecule is CSCC[C@@H]1NC(=O)N(Cc2c(Cl)cccc2Cl)C1=O. The number of thioether (sulfide) groups is 1. The normalized spacial score (nSPS) is 18.6. The van der Waals surface area contributed by atoms with Gasteiger partial charge in [0.15, 0.2) is 0 Å². The number of rotatable bonds is 5. The van der Waals surface area contributed by atoms with Gasteiger partial charge in [-0.3, -0.25) is 9.69 Å². The molecule has 108 valence electrons. The van der Waals surface area contributed by atoms with Crippen molar-refractivity contribution in [2.75, 3.05) is 12.0 Å². The monoisotopic (exact) mass is 332 g/mol. The van der Waals surface area contributed by atoms with E-state index in [0.717, 1.165) is 10.7 Å². The quantitative estimate of drug-likeness (QED) is 0.842. The molecule has 1 heterocycles. The molecule has 1 aromatic carbocycles. The Labute approximate surface area is 131 Å². The van der Waals surface area contributed by atoms with E-state index in [1.807, 2.05) is 6.26 Å². The molecule has 1 N–H and O–H groups in total. The number of carbonyl (C=O) groups excluding carboxylic acids is 2. The zero-order chi connectivity index (χ0) is 14.7. The van der Waals surface area contributed by atoms with Crippen LogP contribution in [-0.2, 0) is 11.3 Å². The molecule has 1 fully saturated rings. The first-order chi connectivity index (χ1) is 9.54. The van der Waals surface area contributed by atoms with Gasteiger partial charge in [-0.1, -0.05) is 29.3 Å². The highest BCUT2D eigenvalue weighted by atomic mass is 35.5. The number of urea groups is 1. The zero-order valence-electron chi connectivity index (χ0n) is 10.9. The van der Waals surface area contributed by atoms with Crippen LogP contribution in [0.2, 0.25) is 10.0 Å². The lowest BCUT2D eigenvalue weighted by molar-refractivity contribution is -0.127. The average molecular weight is 333 g/mol. The number of amides is 3. The summed E-state index contributed by atoms with van der Waals surface area (Å²) in [5.74, 6) is 0.595. The Bertz CT molecular complexity index is 519. The first-order valence-corrected chi connectivity index (χ1v) is 8.23. The summed E-state index contributed by atoms with van der Waals surface area (Å²) in [4.78, 5) is 25.2. The van der Waals surface area contributed by atoms with Gasteiger partial charge in [-0.15, -0.1) is 0 Å². The van der Waals surface area contributed by atoms with Crippen LogP contribution in [0.4, 0.5) is 4.79 Å². The predicted molar refractivity (Wildman–Crippen MR) is 82.3 cm³/mol. The molecule has 7 heteroatoms. The van der Waals surface area contributed by atoms with E-state index < -0.39 is 12.1 Å². The van der Waals surface area contributed by atoms with E-state index in [9.17, 15) is 9.59 Å². The molecule has 0 unspecified atom stereocenters. The highest BCUT2D eigenvalue weighted by Crippen LogP contribution is 2.27. The molecule has 0 spiro atoms. The Hall–Kier alpha value is -0.910. The molecule has 1 saturated heterocycles. The molecule has 3 amide bonds. The van der Waals surface area contributed by atoms with Crippen molar-refractivity contribution in [2.45, 2.75) is 19.0 Å². The fourth-order valence-electron chi connectivity index (χ4n) is 2.00. The van der Waals surface area contributed by atoms with Crippen LogP contribution in [0.15, 0.2) is 18.2 Å². The van der Waals surface area contributed by atoms with Gasteiger partial charge in [-0.05, 0) is 30.6 Å². The third-order valence-electron chi connectivity index (χ3n) is 3.10. The van der Waals surface area contributed by atoms with Gasteiger partial charge in [-0.25, -0.2) is 4.79 Å². The van der Waals surface area contributed by atoms with Gasteiger partial charge >= 0.3 is 6.03 Å². The van der Waals surface area contributed by atoms with E-state index in [0.29, 0.717) is 22.0 Å². The molecule has 0 aromatic heterocycles. The van der Waals surface area contributed by atoms with Crippen LogP contribution in [0, 0.1) is 0 Å². The van der Waals surface area contributed by atoms with Crippen LogP contribution >= 0.6 is 35.0 Å². The lowest BCUT2D eigenvalue weighted by Crippen LogP contribution is -2.31. The number of nitrogens with zero attached hydrogens (tertiary/aromatic N) is 1. The topological polar surface area (TPSA) is 49.4 Å². The van der Waals surface area contributed by atoms with Gasteiger partial charge in [0.1, 0.15) is 6.04 Å². The minimum Gasteiger partial charge on any atom is -0.326 e. The van der Waals surface area contributed by atoms with Gasteiger partial charge < -0.3 is 5.32 Å². The van der Waals surface area contributed by atoms with Crippen LogP contribution in [0.5, 0.6) is 0 Å². The average Bonchev–Trinajstić information content (AvgIpc) is 2.67. The van der Waals surface area contributed by atoms with Gasteiger partial charge in [0.2, 0.25) is 0 Å². The van der Waals surface area contributed by atoms with Crippen molar-refractivity contribution in [3.05, 3.63) is 33.8 Å².